The average molecular weight is 644 g/mol. The van der Waals surface area contributed by atoms with Crippen molar-refractivity contribution in [3.63, 3.8) is 0 Å². The second-order valence-electron chi connectivity index (χ2n) is 11.0. The zero-order chi connectivity index (χ0) is 26.2. The largest absolute Gasteiger partial charge is 1.00 e. The zero-order valence-electron chi connectivity index (χ0n) is 23.5. The Morgan fingerprint density at radius 2 is 1.20 bits per heavy atom. The van der Waals surface area contributed by atoms with E-state index in [-0.39, 0.29) is 24.8 Å². The predicted molar refractivity (Wildman–Crippen MR) is 160 cm³/mol. The van der Waals surface area contributed by atoms with Gasteiger partial charge in [-0.05, 0) is 0 Å². The minimum atomic E-state index is -2.59. The maximum Gasteiger partial charge on any atom is -1.00 e. The van der Waals surface area contributed by atoms with E-state index in [1.165, 1.54) is 39.1 Å². The van der Waals surface area contributed by atoms with Crippen molar-refractivity contribution in [1.29, 1.82) is 0 Å². The van der Waals surface area contributed by atoms with Crippen LogP contribution in [0.3, 0.4) is 0 Å². The van der Waals surface area contributed by atoms with Crippen molar-refractivity contribution in [3.8, 4) is 11.1 Å². The Morgan fingerprint density at radius 1 is 0.675 bits per heavy atom. The summed E-state index contributed by atoms with van der Waals surface area (Å²) in [6, 6.07) is 36.9. The molecule has 1 nitrogen and oxygen atoms in total. The summed E-state index contributed by atoms with van der Waals surface area (Å²) in [6.07, 6.45) is 9.52. The fourth-order valence-corrected chi connectivity index (χ4v) is 15.4. The van der Waals surface area contributed by atoms with Crippen LogP contribution in [0.1, 0.15) is 51.2 Å². The summed E-state index contributed by atoms with van der Waals surface area (Å²) >= 11 is -2.59. The molecule has 0 radical (unpaired) electrons. The molecule has 1 unspecified atom stereocenters. The molecule has 0 saturated heterocycles. The van der Waals surface area contributed by atoms with Gasteiger partial charge in [0, 0.05) is 0 Å². The van der Waals surface area contributed by atoms with E-state index in [0.29, 0.717) is 13.2 Å². The first kappa shape index (κ1) is 30.5. The molecule has 0 aromatic heterocycles. The van der Waals surface area contributed by atoms with Crippen molar-refractivity contribution in [1.82, 2.24) is 0 Å². The Morgan fingerprint density at radius 3 is 1.73 bits per heavy atom. The summed E-state index contributed by atoms with van der Waals surface area (Å²) in [4.78, 5) is 2.25. The van der Waals surface area contributed by atoms with Crippen LogP contribution in [0.15, 0.2) is 121 Å². The first-order chi connectivity index (χ1) is 18.5. The number of anilines is 1. The third kappa shape index (κ3) is 5.64. The average Bonchev–Trinajstić information content (AvgIpc) is 3.58. The van der Waals surface area contributed by atoms with Crippen LogP contribution < -0.4 is 29.7 Å². The molecule has 4 heteroatoms. The topological polar surface area (TPSA) is 3.24 Å². The number of fused-ring (bicyclic) bond motifs is 3. The van der Waals surface area contributed by atoms with Crippen LogP contribution in [0, 0.1) is 0 Å². The van der Waals surface area contributed by atoms with Crippen LogP contribution in [-0.4, -0.2) is 17.3 Å². The van der Waals surface area contributed by atoms with Gasteiger partial charge < -0.3 is 24.8 Å². The molecule has 0 fully saturated rings. The van der Waals surface area contributed by atoms with E-state index in [0.717, 1.165) is 0 Å². The first-order valence-electron chi connectivity index (χ1n) is 13.7. The van der Waals surface area contributed by atoms with Crippen molar-refractivity contribution in [3.05, 3.63) is 149 Å². The summed E-state index contributed by atoms with van der Waals surface area (Å²) in [5, 5.41) is 0. The molecule has 0 aliphatic heterocycles. The zero-order valence-corrected chi connectivity index (χ0v) is 27.5. The van der Waals surface area contributed by atoms with Gasteiger partial charge in [-0.2, -0.15) is 0 Å². The summed E-state index contributed by atoms with van der Waals surface area (Å²) in [5.74, 6) is 0.506. The van der Waals surface area contributed by atoms with Gasteiger partial charge in [-0.3, -0.25) is 0 Å². The van der Waals surface area contributed by atoms with Gasteiger partial charge in [0.05, 0.1) is 0 Å². The minimum Gasteiger partial charge on any atom is -1.00 e. The molecule has 0 spiro atoms. The van der Waals surface area contributed by atoms with Gasteiger partial charge in [0.2, 0.25) is 0 Å². The van der Waals surface area contributed by atoms with Crippen molar-refractivity contribution in [2.24, 2.45) is 0 Å². The molecule has 6 rings (SSSR count). The Bertz CT molecular complexity index is 1460. The van der Waals surface area contributed by atoms with E-state index >= 15 is 0 Å². The Hall–Kier alpha value is -2.51. The predicted octanol–water partition coefficient (Wildman–Crippen LogP) is 2.76. The third-order valence-corrected chi connectivity index (χ3v) is 16.6. The van der Waals surface area contributed by atoms with E-state index in [1.807, 2.05) is 0 Å². The third-order valence-electron chi connectivity index (χ3n) is 8.04. The van der Waals surface area contributed by atoms with Gasteiger partial charge in [-0.15, -0.1) is 0 Å². The maximum atomic E-state index is 2.55. The summed E-state index contributed by atoms with van der Waals surface area (Å²) in [7, 11) is 4.31. The number of halogens is 2. The van der Waals surface area contributed by atoms with Crippen LogP contribution in [0.5, 0.6) is 0 Å². The Labute approximate surface area is 259 Å². The standard InChI is InChI=1S/C18H20N.C13H10.C5H5.2ClH.Zr/c1-12(2)13-5-7-17-14(9-13)10-15-11-16(19(3)4)6-8-18(15)17;1-3-7-12(8-4-1)11-13-9-5-2-6-10-13;1-2-4-5-3-1;;;/h5-12H,1-4H3;1-10H;1-5H;2*1H;/q;;;;;+2/p-2. The summed E-state index contributed by atoms with van der Waals surface area (Å²) in [6.45, 7) is 4.63. The molecule has 40 heavy (non-hydrogen) atoms. The monoisotopic (exact) mass is 641 g/mol. The van der Waals surface area contributed by atoms with Gasteiger partial charge in [0.25, 0.3) is 0 Å². The van der Waals surface area contributed by atoms with E-state index in [9.17, 15) is 0 Å². The molecule has 202 valence electrons. The number of rotatable bonds is 6. The molecule has 0 heterocycles. The molecule has 0 amide bonds. The van der Waals surface area contributed by atoms with Crippen molar-refractivity contribution in [2.45, 2.75) is 27.0 Å². The van der Waals surface area contributed by atoms with Crippen molar-refractivity contribution < 1.29 is 46.1 Å². The molecule has 0 bridgehead atoms. The smallest absolute Gasteiger partial charge is 1.00 e. The van der Waals surface area contributed by atoms with Crippen molar-refractivity contribution in [2.75, 3.05) is 19.0 Å². The minimum absolute atomic E-state index is 0. The number of allylic oxidation sites excluding steroid dienone is 4. The van der Waals surface area contributed by atoms with Crippen molar-refractivity contribution >= 4 is 8.89 Å². The van der Waals surface area contributed by atoms with Crippen LogP contribution in [0.4, 0.5) is 5.69 Å². The SMILES string of the molecule is CC(C)c1ccc2c(c1)[CH]([Zr+2](=[C](c1ccccc1)c1ccccc1)[CH]1C=CC=C1)c1cc(N(C)C)ccc1-2.[Cl-].[Cl-]. The van der Waals surface area contributed by atoms with Gasteiger partial charge in [-0.1, -0.05) is 0 Å². The molecule has 4 aromatic carbocycles. The molecular formula is C36H35Cl2NZr. The van der Waals surface area contributed by atoms with Crippen LogP contribution in [-0.2, 0) is 21.3 Å². The second-order valence-corrected chi connectivity index (χ2v) is 17.5. The number of hydrogen-bond acceptors (Lipinski definition) is 1. The molecule has 0 N–H and O–H groups in total. The molecule has 1 atom stereocenters. The second kappa shape index (κ2) is 13.0. The van der Waals surface area contributed by atoms with E-state index < -0.39 is 21.3 Å². The summed E-state index contributed by atoms with van der Waals surface area (Å²) < 4.78 is 2.56. The van der Waals surface area contributed by atoms with Gasteiger partial charge in [-0.25, -0.2) is 0 Å². The molecule has 2 aliphatic rings. The fourth-order valence-electron chi connectivity index (χ4n) is 6.09. The van der Waals surface area contributed by atoms with E-state index in [1.54, 1.807) is 8.77 Å². The Balaban J connectivity index is 0.00000185. The van der Waals surface area contributed by atoms with Crippen LogP contribution in [0.25, 0.3) is 11.1 Å². The number of benzene rings is 4. The van der Waals surface area contributed by atoms with Crippen LogP contribution in [0.2, 0.25) is 3.63 Å². The normalized spacial score (nSPS) is 14.6. The van der Waals surface area contributed by atoms with E-state index in [4.69, 9.17) is 0 Å². The maximum absolute atomic E-state index is 2.59. The summed E-state index contributed by atoms with van der Waals surface area (Å²) in [5.41, 5.74) is 11.4. The number of nitrogens with zero attached hydrogens (tertiary/aromatic N) is 1. The quantitative estimate of drug-likeness (QED) is 0.313. The Kier molecular flexibility index (Phi) is 9.89. The van der Waals surface area contributed by atoms with Gasteiger partial charge in [0.1, 0.15) is 0 Å². The fraction of sp³-hybridized carbons (Fsp3) is 0.194. The first-order valence-corrected chi connectivity index (χ1v) is 17.7. The van der Waals surface area contributed by atoms with Crippen LogP contribution >= 0.6 is 0 Å². The van der Waals surface area contributed by atoms with Gasteiger partial charge in [0.15, 0.2) is 0 Å². The van der Waals surface area contributed by atoms with E-state index in [2.05, 4.69) is 154 Å². The molecule has 4 aromatic rings. The molecular weight excluding hydrogens is 609 g/mol. The molecule has 2 aliphatic carbocycles. The number of hydrogen-bond donors (Lipinski definition) is 0. The molecule has 0 saturated carbocycles. The van der Waals surface area contributed by atoms with Gasteiger partial charge >= 0.3 is 236 Å².